The van der Waals surface area contributed by atoms with Crippen LogP contribution in [0.2, 0.25) is 5.15 Å². The van der Waals surface area contributed by atoms with Gasteiger partial charge in [0.1, 0.15) is 17.1 Å². The number of amides is 1. The third-order valence-corrected chi connectivity index (χ3v) is 5.42. The smallest absolute Gasteiger partial charge is 0.405 e. The number of halogens is 1. The van der Waals surface area contributed by atoms with Crippen molar-refractivity contribution in [1.82, 2.24) is 19.9 Å². The highest BCUT2D eigenvalue weighted by Gasteiger charge is 2.56. The van der Waals surface area contributed by atoms with Gasteiger partial charge in [-0.15, -0.1) is 0 Å². The van der Waals surface area contributed by atoms with Crippen LogP contribution in [0.3, 0.4) is 0 Å². The normalized spacial score (nSPS) is 30.9. The second-order valence-corrected chi connectivity index (χ2v) is 6.56. The van der Waals surface area contributed by atoms with Crippen molar-refractivity contribution >= 4 is 28.7 Å². The van der Waals surface area contributed by atoms with Gasteiger partial charge in [-0.25, -0.2) is 14.8 Å². The highest BCUT2D eigenvalue weighted by Crippen LogP contribution is 2.55. The Hall–Kier alpha value is -1.82. The summed E-state index contributed by atoms with van der Waals surface area (Å²) < 4.78 is 2.17. The molecule has 1 amide bonds. The third kappa shape index (κ3) is 1.75. The van der Waals surface area contributed by atoms with Crippen molar-refractivity contribution in [2.24, 2.45) is 0 Å². The van der Waals surface area contributed by atoms with Crippen LogP contribution in [-0.2, 0) is 5.54 Å². The molecule has 2 heterocycles. The quantitative estimate of drug-likeness (QED) is 0.836. The summed E-state index contributed by atoms with van der Waals surface area (Å²) in [6.45, 7) is 0. The molecule has 2 aliphatic carbocycles. The van der Waals surface area contributed by atoms with Crippen LogP contribution < -0.4 is 5.32 Å². The molecule has 0 radical (unpaired) electrons. The first kappa shape index (κ1) is 12.9. The molecule has 0 atom stereocenters. The minimum Gasteiger partial charge on any atom is -0.465 e. The number of hydrogen-bond acceptors (Lipinski definition) is 3. The van der Waals surface area contributed by atoms with Crippen LogP contribution >= 0.6 is 11.6 Å². The van der Waals surface area contributed by atoms with Gasteiger partial charge in [0.25, 0.3) is 0 Å². The topological polar surface area (TPSA) is 80.0 Å². The fraction of sp³-hybridized carbons (Fsp3) is 0.500. The van der Waals surface area contributed by atoms with E-state index in [1.807, 2.05) is 12.3 Å². The van der Waals surface area contributed by atoms with Crippen LogP contribution in [0.5, 0.6) is 0 Å². The maximum absolute atomic E-state index is 11.0. The molecule has 2 aromatic heterocycles. The summed E-state index contributed by atoms with van der Waals surface area (Å²) in [5, 5.41) is 13.1. The van der Waals surface area contributed by atoms with Crippen molar-refractivity contribution in [3.63, 3.8) is 0 Å². The summed E-state index contributed by atoms with van der Waals surface area (Å²) in [6.07, 6.45) is 7.03. The molecule has 21 heavy (non-hydrogen) atoms. The number of aromatic nitrogens is 3. The van der Waals surface area contributed by atoms with E-state index >= 15 is 0 Å². The summed E-state index contributed by atoms with van der Waals surface area (Å²) in [5.74, 6) is 0. The van der Waals surface area contributed by atoms with Crippen LogP contribution in [0, 0.1) is 0 Å². The molecular formula is C14H15ClN4O2. The summed E-state index contributed by atoms with van der Waals surface area (Å²) in [4.78, 5) is 19.4. The Balaban J connectivity index is 1.77. The minimum absolute atomic E-state index is 0.0537. The van der Waals surface area contributed by atoms with E-state index in [9.17, 15) is 4.79 Å². The minimum atomic E-state index is -0.935. The van der Waals surface area contributed by atoms with Crippen LogP contribution in [-0.4, -0.2) is 31.3 Å². The van der Waals surface area contributed by atoms with Crippen molar-refractivity contribution in [2.45, 2.75) is 43.2 Å². The van der Waals surface area contributed by atoms with E-state index in [1.54, 1.807) is 0 Å². The zero-order valence-electron chi connectivity index (χ0n) is 11.3. The van der Waals surface area contributed by atoms with Crippen molar-refractivity contribution in [3.05, 3.63) is 23.7 Å². The summed E-state index contributed by atoms with van der Waals surface area (Å²) in [5.41, 5.74) is 0.504. The van der Waals surface area contributed by atoms with E-state index in [4.69, 9.17) is 16.7 Å². The van der Waals surface area contributed by atoms with Gasteiger partial charge < -0.3 is 15.0 Å². The molecule has 110 valence electrons. The van der Waals surface area contributed by atoms with Gasteiger partial charge in [0.05, 0.1) is 5.39 Å². The molecule has 0 aromatic carbocycles. The average molecular weight is 307 g/mol. The Bertz CT molecular complexity index is 734. The van der Waals surface area contributed by atoms with Crippen molar-refractivity contribution < 1.29 is 9.90 Å². The fourth-order valence-corrected chi connectivity index (χ4v) is 4.39. The lowest BCUT2D eigenvalue weighted by atomic mass is 9.91. The first-order valence-electron chi connectivity index (χ1n) is 7.03. The number of nitrogens with one attached hydrogen (secondary N) is 1. The zero-order valence-corrected chi connectivity index (χ0v) is 12.1. The molecule has 2 aliphatic rings. The lowest BCUT2D eigenvalue weighted by Gasteiger charge is -2.29. The molecule has 0 spiro atoms. The van der Waals surface area contributed by atoms with E-state index in [0.717, 1.165) is 43.1 Å². The summed E-state index contributed by atoms with van der Waals surface area (Å²) in [7, 11) is 0. The highest BCUT2D eigenvalue weighted by atomic mass is 35.5. The molecule has 6 nitrogen and oxygen atoms in total. The second-order valence-electron chi connectivity index (χ2n) is 6.20. The molecule has 4 rings (SSSR count). The molecule has 2 aromatic rings. The SMILES string of the molecule is O=C(O)NC12CCC(n3ccc4c(Cl)ncnc43)(CC1)C2. The standard InChI is InChI=1S/C14H15ClN4O2/c15-10-9-1-6-19(11(9)17-8-16-10)14-4-2-13(7-14,3-5-14)18-12(20)21/h1,6,8,18H,2-5,7H2,(H,20,21). The van der Waals surface area contributed by atoms with Crippen molar-refractivity contribution in [1.29, 1.82) is 0 Å². The van der Waals surface area contributed by atoms with Gasteiger partial charge in [-0.3, -0.25) is 0 Å². The number of hydrogen-bond donors (Lipinski definition) is 2. The maximum atomic E-state index is 11.0. The lowest BCUT2D eigenvalue weighted by Crippen LogP contribution is -2.44. The molecule has 2 saturated carbocycles. The first-order chi connectivity index (χ1) is 10.0. The molecule has 2 fully saturated rings. The number of rotatable bonds is 2. The monoisotopic (exact) mass is 306 g/mol. The molecule has 2 bridgehead atoms. The first-order valence-corrected chi connectivity index (χ1v) is 7.41. The summed E-state index contributed by atoms with van der Waals surface area (Å²) >= 11 is 6.12. The largest absolute Gasteiger partial charge is 0.465 e. The van der Waals surface area contributed by atoms with Crippen molar-refractivity contribution in [3.8, 4) is 0 Å². The van der Waals surface area contributed by atoms with Crippen LogP contribution in [0.4, 0.5) is 4.79 Å². The van der Waals surface area contributed by atoms with Crippen molar-refractivity contribution in [2.75, 3.05) is 0 Å². The molecule has 2 N–H and O–H groups in total. The number of carbonyl (C=O) groups is 1. The van der Waals surface area contributed by atoms with Crippen LogP contribution in [0.25, 0.3) is 11.0 Å². The Morgan fingerprint density at radius 2 is 2.10 bits per heavy atom. The predicted molar refractivity (Wildman–Crippen MR) is 77.5 cm³/mol. The van der Waals surface area contributed by atoms with Crippen LogP contribution in [0.15, 0.2) is 18.6 Å². The second kappa shape index (κ2) is 4.10. The van der Waals surface area contributed by atoms with E-state index < -0.39 is 6.09 Å². The van der Waals surface area contributed by atoms with E-state index in [2.05, 4.69) is 19.9 Å². The fourth-order valence-electron chi connectivity index (χ4n) is 4.20. The molecule has 7 heteroatoms. The average Bonchev–Trinajstić information content (AvgIpc) is 3.09. The van der Waals surface area contributed by atoms with Gasteiger partial charge in [0, 0.05) is 17.3 Å². The Labute approximate surface area is 126 Å². The van der Waals surface area contributed by atoms with Gasteiger partial charge in [-0.05, 0) is 38.2 Å². The highest BCUT2D eigenvalue weighted by molar-refractivity contribution is 6.33. The van der Waals surface area contributed by atoms with Gasteiger partial charge in [-0.2, -0.15) is 0 Å². The van der Waals surface area contributed by atoms with Crippen LogP contribution in [0.1, 0.15) is 32.1 Å². The van der Waals surface area contributed by atoms with Gasteiger partial charge in [-0.1, -0.05) is 11.6 Å². The Morgan fingerprint density at radius 1 is 1.33 bits per heavy atom. The molecule has 0 aliphatic heterocycles. The summed E-state index contributed by atoms with van der Waals surface area (Å²) in [6, 6.07) is 1.94. The van der Waals surface area contributed by atoms with E-state index in [0.29, 0.717) is 5.15 Å². The van der Waals surface area contributed by atoms with Gasteiger partial charge in [0.15, 0.2) is 0 Å². The third-order valence-electron chi connectivity index (χ3n) is 5.12. The predicted octanol–water partition coefficient (Wildman–Crippen LogP) is 2.76. The van der Waals surface area contributed by atoms with Gasteiger partial charge >= 0.3 is 6.09 Å². The zero-order chi connectivity index (χ0) is 14.7. The number of carboxylic acid groups (broad SMARTS) is 1. The Kier molecular flexibility index (Phi) is 2.52. The molecule has 0 unspecified atom stereocenters. The molecule has 0 saturated heterocycles. The maximum Gasteiger partial charge on any atom is 0.405 e. The Morgan fingerprint density at radius 3 is 2.81 bits per heavy atom. The lowest BCUT2D eigenvalue weighted by molar-refractivity contribution is 0.177. The van der Waals surface area contributed by atoms with E-state index in [1.165, 1.54) is 6.33 Å². The molecular weight excluding hydrogens is 292 g/mol. The number of nitrogens with zero attached hydrogens (tertiary/aromatic N) is 3. The van der Waals surface area contributed by atoms with Gasteiger partial charge in [0.2, 0.25) is 0 Å². The number of fused-ring (bicyclic) bond motifs is 3. The van der Waals surface area contributed by atoms with E-state index in [-0.39, 0.29) is 11.1 Å².